The summed E-state index contributed by atoms with van der Waals surface area (Å²) in [6.45, 7) is 8.72. The van der Waals surface area contributed by atoms with Crippen LogP contribution in [0.15, 0.2) is 54.9 Å². The molecule has 0 spiro atoms. The fraction of sp³-hybridized carbons (Fsp3) is 0.440. The maximum absolute atomic E-state index is 12.8. The second-order valence-corrected chi connectivity index (χ2v) is 7.67. The fourth-order valence-corrected chi connectivity index (χ4v) is 3.57. The molecule has 0 saturated heterocycles. The molecule has 1 atom stereocenters. The van der Waals surface area contributed by atoms with Crippen molar-refractivity contribution in [2.45, 2.75) is 59.1 Å². The maximum Gasteiger partial charge on any atom is 0.212 e. The number of ketones is 1. The van der Waals surface area contributed by atoms with Crippen molar-refractivity contribution in [2.75, 3.05) is 13.1 Å². The van der Waals surface area contributed by atoms with Gasteiger partial charge in [-0.05, 0) is 55.7 Å². The first-order valence-corrected chi connectivity index (χ1v) is 11.2. The number of hydrogen-bond donors (Lipinski definition) is 0. The summed E-state index contributed by atoms with van der Waals surface area (Å²) < 4.78 is 8.16. The fourth-order valence-electron chi connectivity index (χ4n) is 3.57. The Morgan fingerprint density at radius 1 is 1.03 bits per heavy atom. The number of ether oxygens (including phenoxy) is 1. The minimum atomic E-state index is -0.0789. The molecule has 5 heteroatoms. The summed E-state index contributed by atoms with van der Waals surface area (Å²) in [7, 11) is 0. The Balaban J connectivity index is 1.69. The Labute approximate surface area is 179 Å². The highest BCUT2D eigenvalue weighted by atomic mass is 16.5. The van der Waals surface area contributed by atoms with E-state index < -0.39 is 0 Å². The van der Waals surface area contributed by atoms with Gasteiger partial charge in [-0.25, -0.2) is 4.98 Å². The van der Waals surface area contributed by atoms with E-state index in [1.165, 1.54) is 25.7 Å². The molecule has 1 aromatic carbocycles. The Morgan fingerprint density at radius 2 is 1.73 bits per heavy atom. The van der Waals surface area contributed by atoms with Gasteiger partial charge in [-0.1, -0.05) is 39.7 Å². The zero-order valence-corrected chi connectivity index (χ0v) is 18.4. The van der Waals surface area contributed by atoms with Crippen molar-refractivity contribution in [1.29, 1.82) is 0 Å². The Bertz CT molecular complexity index is 892. The SMILES string of the molecule is CCCCN(CCCC)C(CC)Oc1ccc(C(=O)c2cn3ccccc3n2)cc1. The van der Waals surface area contributed by atoms with E-state index in [0.717, 1.165) is 30.9 Å². The van der Waals surface area contributed by atoms with E-state index in [2.05, 4.69) is 30.7 Å². The quantitative estimate of drug-likeness (QED) is 0.290. The topological polar surface area (TPSA) is 46.8 Å². The van der Waals surface area contributed by atoms with Crippen molar-refractivity contribution in [3.8, 4) is 5.75 Å². The molecule has 0 saturated carbocycles. The van der Waals surface area contributed by atoms with Gasteiger partial charge in [0.25, 0.3) is 0 Å². The number of imidazole rings is 1. The van der Waals surface area contributed by atoms with Gasteiger partial charge < -0.3 is 9.14 Å². The predicted octanol–water partition coefficient (Wildman–Crippen LogP) is 5.58. The van der Waals surface area contributed by atoms with Crippen LogP contribution in [0.2, 0.25) is 0 Å². The highest BCUT2D eigenvalue weighted by Gasteiger charge is 2.18. The molecule has 3 aromatic rings. The lowest BCUT2D eigenvalue weighted by Gasteiger charge is -2.31. The van der Waals surface area contributed by atoms with Gasteiger partial charge in [-0.2, -0.15) is 0 Å². The van der Waals surface area contributed by atoms with Crippen molar-refractivity contribution in [3.05, 3.63) is 66.1 Å². The molecule has 0 aliphatic carbocycles. The molecule has 160 valence electrons. The Hall–Kier alpha value is -2.66. The number of benzene rings is 1. The molecule has 0 amide bonds. The number of hydrogen-bond acceptors (Lipinski definition) is 4. The standard InChI is InChI=1S/C25H33N3O2/c1-4-7-16-27(17-8-5-2)24(6-3)30-21-14-12-20(13-15-21)25(29)22-19-28-18-10-9-11-23(28)26-22/h9-15,18-19,24H,4-8,16-17H2,1-3H3. The van der Waals surface area contributed by atoms with Crippen molar-refractivity contribution in [1.82, 2.24) is 14.3 Å². The molecule has 30 heavy (non-hydrogen) atoms. The lowest BCUT2D eigenvalue weighted by atomic mass is 10.1. The second kappa shape index (κ2) is 10.9. The maximum atomic E-state index is 12.8. The summed E-state index contributed by atoms with van der Waals surface area (Å²) in [5.41, 5.74) is 1.84. The van der Waals surface area contributed by atoms with Crippen LogP contribution < -0.4 is 4.74 Å². The van der Waals surface area contributed by atoms with Crippen LogP contribution in [0.5, 0.6) is 5.75 Å². The summed E-state index contributed by atoms with van der Waals surface area (Å²) >= 11 is 0. The minimum absolute atomic E-state index is 0.0584. The first kappa shape index (κ1) is 22.0. The molecule has 5 nitrogen and oxygen atoms in total. The van der Waals surface area contributed by atoms with Gasteiger partial charge in [0.1, 0.15) is 17.1 Å². The molecular weight excluding hydrogens is 374 g/mol. The van der Waals surface area contributed by atoms with E-state index in [1.807, 2.05) is 53.1 Å². The second-order valence-electron chi connectivity index (χ2n) is 7.67. The molecule has 0 N–H and O–H groups in total. The Morgan fingerprint density at radius 3 is 2.33 bits per heavy atom. The Kier molecular flexibility index (Phi) is 8.03. The normalized spacial score (nSPS) is 12.4. The van der Waals surface area contributed by atoms with E-state index in [-0.39, 0.29) is 12.0 Å². The van der Waals surface area contributed by atoms with Crippen LogP contribution in [-0.4, -0.2) is 39.4 Å². The molecule has 0 aliphatic rings. The van der Waals surface area contributed by atoms with Gasteiger partial charge in [-0.15, -0.1) is 0 Å². The van der Waals surface area contributed by atoms with Crippen LogP contribution in [0.25, 0.3) is 5.65 Å². The van der Waals surface area contributed by atoms with E-state index in [4.69, 9.17) is 4.74 Å². The molecule has 0 bridgehead atoms. The highest BCUT2D eigenvalue weighted by Crippen LogP contribution is 2.20. The molecule has 3 rings (SSSR count). The van der Waals surface area contributed by atoms with E-state index >= 15 is 0 Å². The summed E-state index contributed by atoms with van der Waals surface area (Å²) in [5, 5.41) is 0. The number of nitrogens with zero attached hydrogens (tertiary/aromatic N) is 3. The van der Waals surface area contributed by atoms with E-state index in [1.54, 1.807) is 6.20 Å². The van der Waals surface area contributed by atoms with Crippen molar-refractivity contribution in [2.24, 2.45) is 0 Å². The number of carbonyl (C=O) groups is 1. The van der Waals surface area contributed by atoms with Gasteiger partial charge in [0.15, 0.2) is 6.23 Å². The van der Waals surface area contributed by atoms with Crippen LogP contribution >= 0.6 is 0 Å². The van der Waals surface area contributed by atoms with Crippen molar-refractivity contribution < 1.29 is 9.53 Å². The molecule has 2 heterocycles. The van der Waals surface area contributed by atoms with Gasteiger partial charge >= 0.3 is 0 Å². The number of aromatic nitrogens is 2. The van der Waals surface area contributed by atoms with E-state index in [0.29, 0.717) is 11.3 Å². The van der Waals surface area contributed by atoms with E-state index in [9.17, 15) is 4.79 Å². The highest BCUT2D eigenvalue weighted by molar-refractivity contribution is 6.08. The van der Waals surface area contributed by atoms with Crippen molar-refractivity contribution >= 4 is 11.4 Å². The molecule has 0 radical (unpaired) electrons. The third kappa shape index (κ3) is 5.48. The van der Waals surface area contributed by atoms with Crippen molar-refractivity contribution in [3.63, 3.8) is 0 Å². The lowest BCUT2D eigenvalue weighted by molar-refractivity contribution is 0.0202. The minimum Gasteiger partial charge on any atom is -0.475 e. The van der Waals surface area contributed by atoms with Gasteiger partial charge in [0, 0.05) is 31.0 Å². The molecule has 0 aliphatic heterocycles. The molecule has 1 unspecified atom stereocenters. The first-order valence-electron chi connectivity index (χ1n) is 11.2. The smallest absolute Gasteiger partial charge is 0.212 e. The number of rotatable bonds is 12. The summed E-state index contributed by atoms with van der Waals surface area (Å²) in [5.74, 6) is 0.719. The van der Waals surface area contributed by atoms with Gasteiger partial charge in [-0.3, -0.25) is 9.69 Å². The molecule has 0 fully saturated rings. The average molecular weight is 408 g/mol. The van der Waals surface area contributed by atoms with Crippen LogP contribution in [0.1, 0.15) is 68.9 Å². The lowest BCUT2D eigenvalue weighted by Crippen LogP contribution is -2.40. The predicted molar refractivity (Wildman–Crippen MR) is 121 cm³/mol. The molecule has 2 aromatic heterocycles. The number of pyridine rings is 1. The third-order valence-electron chi connectivity index (χ3n) is 5.34. The molecular formula is C25H33N3O2. The van der Waals surface area contributed by atoms with Crippen LogP contribution in [-0.2, 0) is 0 Å². The van der Waals surface area contributed by atoms with Gasteiger partial charge in [0.05, 0.1) is 0 Å². The number of unbranched alkanes of at least 4 members (excludes halogenated alkanes) is 2. The van der Waals surface area contributed by atoms with Crippen LogP contribution in [0.3, 0.4) is 0 Å². The largest absolute Gasteiger partial charge is 0.475 e. The summed E-state index contributed by atoms with van der Waals surface area (Å²) in [6, 6.07) is 13.2. The zero-order chi connectivity index (χ0) is 21.3. The summed E-state index contributed by atoms with van der Waals surface area (Å²) in [4.78, 5) is 19.7. The summed E-state index contributed by atoms with van der Waals surface area (Å²) in [6.07, 6.45) is 9.36. The first-order chi connectivity index (χ1) is 14.7. The number of carbonyl (C=O) groups excluding carboxylic acids is 1. The van der Waals surface area contributed by atoms with Gasteiger partial charge in [0.2, 0.25) is 5.78 Å². The third-order valence-corrected chi connectivity index (χ3v) is 5.34. The average Bonchev–Trinajstić information content (AvgIpc) is 3.22. The monoisotopic (exact) mass is 407 g/mol. The van der Waals surface area contributed by atoms with Crippen LogP contribution in [0, 0.1) is 0 Å². The number of fused-ring (bicyclic) bond motifs is 1. The zero-order valence-electron chi connectivity index (χ0n) is 18.4. The van der Waals surface area contributed by atoms with Crippen LogP contribution in [0.4, 0.5) is 0 Å².